The second-order valence-electron chi connectivity index (χ2n) is 7.31. The summed E-state index contributed by atoms with van der Waals surface area (Å²) in [6, 6.07) is 15.3. The Labute approximate surface area is 155 Å². The molecule has 0 heterocycles. The predicted octanol–water partition coefficient (Wildman–Crippen LogP) is 4.38. The molecule has 0 saturated carbocycles. The van der Waals surface area contributed by atoms with E-state index in [1.807, 2.05) is 48.5 Å². The molecule has 0 unspecified atom stereocenters. The molecule has 3 N–H and O–H groups in total. The van der Waals surface area contributed by atoms with Crippen LogP contribution in [-0.2, 0) is 15.0 Å². The number of benzene rings is 2. The molecule has 2 amide bonds. The third-order valence-electron chi connectivity index (χ3n) is 3.92. The van der Waals surface area contributed by atoms with Crippen molar-refractivity contribution in [3.8, 4) is 0 Å². The van der Waals surface area contributed by atoms with E-state index in [0.717, 1.165) is 17.1 Å². The first-order valence-corrected chi connectivity index (χ1v) is 8.76. The third kappa shape index (κ3) is 6.24. The molecule has 0 aliphatic carbocycles. The van der Waals surface area contributed by atoms with Crippen LogP contribution in [0.5, 0.6) is 0 Å². The Kier molecular flexibility index (Phi) is 6.39. The van der Waals surface area contributed by atoms with Crippen molar-refractivity contribution >= 4 is 28.9 Å². The van der Waals surface area contributed by atoms with E-state index in [4.69, 9.17) is 0 Å². The van der Waals surface area contributed by atoms with E-state index < -0.39 is 0 Å². The number of carbonyl (C=O) groups is 2. The van der Waals surface area contributed by atoms with Crippen LogP contribution in [0.2, 0.25) is 0 Å². The lowest BCUT2D eigenvalue weighted by Crippen LogP contribution is -2.16. The summed E-state index contributed by atoms with van der Waals surface area (Å²) in [4.78, 5) is 23.1. The summed E-state index contributed by atoms with van der Waals surface area (Å²) in [5, 5.41) is 8.82. The van der Waals surface area contributed by atoms with Gasteiger partial charge in [0.05, 0.1) is 0 Å². The molecule has 0 aliphatic rings. The molecule has 5 heteroatoms. The zero-order valence-corrected chi connectivity index (χ0v) is 15.8. The van der Waals surface area contributed by atoms with Gasteiger partial charge in [-0.2, -0.15) is 0 Å². The van der Waals surface area contributed by atoms with Crippen LogP contribution in [0.3, 0.4) is 0 Å². The van der Waals surface area contributed by atoms with Gasteiger partial charge in [-0.05, 0) is 47.4 Å². The number of amides is 2. The van der Waals surface area contributed by atoms with Gasteiger partial charge in [0.15, 0.2) is 0 Å². The monoisotopic (exact) mass is 353 g/mol. The number of carbonyl (C=O) groups excluding carboxylic acids is 2. The highest BCUT2D eigenvalue weighted by Crippen LogP contribution is 2.23. The van der Waals surface area contributed by atoms with E-state index in [9.17, 15) is 9.59 Å². The third-order valence-corrected chi connectivity index (χ3v) is 3.92. The van der Waals surface area contributed by atoms with Crippen molar-refractivity contribution in [3.63, 3.8) is 0 Å². The minimum absolute atomic E-state index is 0.0316. The molecule has 0 radical (unpaired) electrons. The van der Waals surface area contributed by atoms with Crippen LogP contribution in [-0.4, -0.2) is 18.4 Å². The summed E-state index contributed by atoms with van der Waals surface area (Å²) in [5.74, 6) is -0.131. The molecular weight excluding hydrogens is 326 g/mol. The standard InChI is InChI=1S/C21H27N3O2/c1-15(25)23-18-11-9-17(10-12-18)22-14-13-20(26)24-19-7-5-16(6-8-19)21(2,3)4/h5-12,22H,13-14H2,1-4H3,(H,23,25)(H,24,26). The highest BCUT2D eigenvalue weighted by molar-refractivity contribution is 5.91. The van der Waals surface area contributed by atoms with Crippen LogP contribution in [0.25, 0.3) is 0 Å². The zero-order chi connectivity index (χ0) is 19.2. The van der Waals surface area contributed by atoms with Crippen LogP contribution < -0.4 is 16.0 Å². The maximum Gasteiger partial charge on any atom is 0.226 e. The van der Waals surface area contributed by atoms with Crippen molar-refractivity contribution in [2.75, 3.05) is 22.5 Å². The minimum atomic E-state index is -0.0992. The summed E-state index contributed by atoms with van der Waals surface area (Å²) in [7, 11) is 0. The SMILES string of the molecule is CC(=O)Nc1ccc(NCCC(=O)Nc2ccc(C(C)(C)C)cc2)cc1. The first kappa shape index (κ1) is 19.5. The Bertz CT molecular complexity index is 744. The second-order valence-corrected chi connectivity index (χ2v) is 7.31. The van der Waals surface area contributed by atoms with E-state index in [2.05, 4.69) is 36.7 Å². The Morgan fingerprint density at radius 2 is 1.31 bits per heavy atom. The fourth-order valence-corrected chi connectivity index (χ4v) is 2.47. The quantitative estimate of drug-likeness (QED) is 0.721. The smallest absolute Gasteiger partial charge is 0.226 e. The van der Waals surface area contributed by atoms with Gasteiger partial charge in [0.2, 0.25) is 11.8 Å². The topological polar surface area (TPSA) is 70.2 Å². The van der Waals surface area contributed by atoms with Gasteiger partial charge in [0.25, 0.3) is 0 Å². The maximum absolute atomic E-state index is 12.1. The Morgan fingerprint density at radius 3 is 1.85 bits per heavy atom. The molecule has 0 aromatic heterocycles. The molecule has 2 rings (SSSR count). The van der Waals surface area contributed by atoms with E-state index in [1.54, 1.807) is 0 Å². The van der Waals surface area contributed by atoms with Gasteiger partial charge in [-0.3, -0.25) is 9.59 Å². The summed E-state index contributed by atoms with van der Waals surface area (Å²) >= 11 is 0. The number of rotatable bonds is 6. The van der Waals surface area contributed by atoms with Crippen molar-refractivity contribution < 1.29 is 9.59 Å². The molecule has 0 atom stereocenters. The molecule has 2 aromatic carbocycles. The number of nitrogens with one attached hydrogen (secondary N) is 3. The van der Waals surface area contributed by atoms with Crippen LogP contribution in [0.15, 0.2) is 48.5 Å². The van der Waals surface area contributed by atoms with Crippen LogP contribution in [0.4, 0.5) is 17.1 Å². The van der Waals surface area contributed by atoms with Crippen molar-refractivity contribution in [1.29, 1.82) is 0 Å². The zero-order valence-electron chi connectivity index (χ0n) is 15.8. The molecule has 138 valence electrons. The summed E-state index contributed by atoms with van der Waals surface area (Å²) < 4.78 is 0. The Balaban J connectivity index is 1.77. The molecular formula is C21H27N3O2. The Hall–Kier alpha value is -2.82. The highest BCUT2D eigenvalue weighted by Gasteiger charge is 2.13. The predicted molar refractivity (Wildman–Crippen MR) is 108 cm³/mol. The lowest BCUT2D eigenvalue weighted by Gasteiger charge is -2.19. The molecule has 0 aliphatic heterocycles. The molecule has 5 nitrogen and oxygen atoms in total. The second kappa shape index (κ2) is 8.52. The number of anilines is 3. The normalized spacial score (nSPS) is 10.9. The minimum Gasteiger partial charge on any atom is -0.385 e. The van der Waals surface area contributed by atoms with Crippen LogP contribution in [0.1, 0.15) is 39.7 Å². The average molecular weight is 353 g/mol. The van der Waals surface area contributed by atoms with Gasteiger partial charge >= 0.3 is 0 Å². The largest absolute Gasteiger partial charge is 0.385 e. The Morgan fingerprint density at radius 1 is 0.808 bits per heavy atom. The number of hydrogen-bond acceptors (Lipinski definition) is 3. The lowest BCUT2D eigenvalue weighted by atomic mass is 9.87. The summed E-state index contributed by atoms with van der Waals surface area (Å²) in [5.41, 5.74) is 3.80. The first-order valence-electron chi connectivity index (χ1n) is 8.76. The van der Waals surface area contributed by atoms with E-state index >= 15 is 0 Å². The van der Waals surface area contributed by atoms with E-state index in [0.29, 0.717) is 13.0 Å². The van der Waals surface area contributed by atoms with Gasteiger partial charge < -0.3 is 16.0 Å². The van der Waals surface area contributed by atoms with Gasteiger partial charge in [-0.1, -0.05) is 32.9 Å². The molecule has 0 fully saturated rings. The lowest BCUT2D eigenvalue weighted by molar-refractivity contribution is -0.116. The van der Waals surface area contributed by atoms with Crippen LogP contribution >= 0.6 is 0 Å². The van der Waals surface area contributed by atoms with Gasteiger partial charge in [0.1, 0.15) is 0 Å². The molecule has 2 aromatic rings. The molecule has 26 heavy (non-hydrogen) atoms. The summed E-state index contributed by atoms with van der Waals surface area (Å²) in [6.07, 6.45) is 0.370. The maximum atomic E-state index is 12.1. The van der Waals surface area contributed by atoms with Gasteiger partial charge in [-0.25, -0.2) is 0 Å². The molecule has 0 saturated heterocycles. The molecule has 0 spiro atoms. The van der Waals surface area contributed by atoms with Crippen molar-refractivity contribution in [2.45, 2.75) is 39.5 Å². The fraction of sp³-hybridized carbons (Fsp3) is 0.333. The first-order chi connectivity index (χ1) is 12.2. The fourth-order valence-electron chi connectivity index (χ4n) is 2.47. The van der Waals surface area contributed by atoms with Crippen molar-refractivity contribution in [1.82, 2.24) is 0 Å². The van der Waals surface area contributed by atoms with Crippen LogP contribution in [0, 0.1) is 0 Å². The average Bonchev–Trinajstić information content (AvgIpc) is 2.55. The summed E-state index contributed by atoms with van der Waals surface area (Å²) in [6.45, 7) is 8.49. The van der Waals surface area contributed by atoms with Gasteiger partial charge in [-0.15, -0.1) is 0 Å². The number of hydrogen-bond donors (Lipinski definition) is 3. The molecule has 0 bridgehead atoms. The van der Waals surface area contributed by atoms with E-state index in [-0.39, 0.29) is 17.2 Å². The highest BCUT2D eigenvalue weighted by atomic mass is 16.2. The van der Waals surface area contributed by atoms with Gasteiger partial charge in [0, 0.05) is 37.0 Å². The van der Waals surface area contributed by atoms with Crippen molar-refractivity contribution in [3.05, 3.63) is 54.1 Å². The van der Waals surface area contributed by atoms with E-state index in [1.165, 1.54) is 12.5 Å². The van der Waals surface area contributed by atoms with Crippen molar-refractivity contribution in [2.24, 2.45) is 0 Å².